The highest BCUT2D eigenvalue weighted by Gasteiger charge is 2.25. The smallest absolute Gasteiger partial charge is 0.307 e. The fourth-order valence-electron chi connectivity index (χ4n) is 2.23. The summed E-state index contributed by atoms with van der Waals surface area (Å²) in [6.45, 7) is 3.99. The van der Waals surface area contributed by atoms with Crippen molar-refractivity contribution in [1.82, 2.24) is 0 Å². The Bertz CT molecular complexity index is 372. The van der Waals surface area contributed by atoms with Gasteiger partial charge in [0.2, 0.25) is 0 Å². The molecular formula is C14H19FO2. The molecule has 1 aromatic rings. The molecule has 0 radical (unpaired) electrons. The predicted molar refractivity (Wildman–Crippen MR) is 65.3 cm³/mol. The molecule has 1 unspecified atom stereocenters. The van der Waals surface area contributed by atoms with E-state index >= 15 is 0 Å². The molecule has 1 aromatic carbocycles. The second-order valence-corrected chi connectivity index (χ2v) is 4.36. The number of hydrogen-bond acceptors (Lipinski definition) is 1. The second-order valence-electron chi connectivity index (χ2n) is 4.36. The maximum absolute atomic E-state index is 13.0. The van der Waals surface area contributed by atoms with Crippen molar-refractivity contribution in [1.29, 1.82) is 0 Å². The molecule has 0 spiro atoms. The number of halogens is 1. The summed E-state index contributed by atoms with van der Waals surface area (Å²) in [4.78, 5) is 11.3. The molecule has 1 N–H and O–H groups in total. The molecular weight excluding hydrogens is 219 g/mol. The Morgan fingerprint density at radius 2 is 2.00 bits per heavy atom. The molecule has 2 nitrogen and oxygen atoms in total. The van der Waals surface area contributed by atoms with Crippen LogP contribution in [-0.2, 0) is 11.2 Å². The highest BCUT2D eigenvalue weighted by atomic mass is 19.1. The van der Waals surface area contributed by atoms with Gasteiger partial charge in [0.15, 0.2) is 0 Å². The van der Waals surface area contributed by atoms with Crippen LogP contribution in [0.1, 0.15) is 32.3 Å². The van der Waals surface area contributed by atoms with Gasteiger partial charge in [-0.15, -0.1) is 0 Å². The largest absolute Gasteiger partial charge is 0.481 e. The molecule has 1 rings (SSSR count). The van der Waals surface area contributed by atoms with E-state index in [4.69, 9.17) is 0 Å². The molecule has 0 aliphatic carbocycles. The molecule has 1 atom stereocenters. The molecule has 0 saturated heterocycles. The maximum atomic E-state index is 13.0. The number of hydrogen-bond donors (Lipinski definition) is 1. The average molecular weight is 238 g/mol. The fraction of sp³-hybridized carbons (Fsp3) is 0.500. The summed E-state index contributed by atoms with van der Waals surface area (Å²) in [5, 5.41) is 9.24. The summed E-state index contributed by atoms with van der Waals surface area (Å²) < 4.78 is 13.0. The van der Waals surface area contributed by atoms with Crippen LogP contribution < -0.4 is 0 Å². The van der Waals surface area contributed by atoms with Gasteiger partial charge in [-0.05, 0) is 30.0 Å². The van der Waals surface area contributed by atoms with E-state index in [1.165, 1.54) is 12.1 Å². The minimum absolute atomic E-state index is 0.149. The average Bonchev–Trinajstić information content (AvgIpc) is 2.29. The van der Waals surface area contributed by atoms with Crippen LogP contribution in [-0.4, -0.2) is 11.1 Å². The van der Waals surface area contributed by atoms with Crippen LogP contribution in [0.2, 0.25) is 0 Å². The van der Waals surface area contributed by atoms with E-state index in [2.05, 4.69) is 0 Å². The van der Waals surface area contributed by atoms with Gasteiger partial charge < -0.3 is 5.11 Å². The van der Waals surface area contributed by atoms with E-state index < -0.39 is 11.9 Å². The van der Waals surface area contributed by atoms with Gasteiger partial charge in [-0.3, -0.25) is 4.79 Å². The number of rotatable bonds is 6. The number of carboxylic acid groups (broad SMARTS) is 1. The lowest BCUT2D eigenvalue weighted by molar-refractivity contribution is -0.143. The Morgan fingerprint density at radius 3 is 2.47 bits per heavy atom. The monoisotopic (exact) mass is 238 g/mol. The van der Waals surface area contributed by atoms with Crippen molar-refractivity contribution in [2.24, 2.45) is 11.8 Å². The summed E-state index contributed by atoms with van der Waals surface area (Å²) in [6, 6.07) is 6.19. The zero-order chi connectivity index (χ0) is 12.8. The Balaban J connectivity index is 2.83. The first kappa shape index (κ1) is 13.7. The summed E-state index contributed by atoms with van der Waals surface area (Å²) in [5.41, 5.74) is 0.754. The van der Waals surface area contributed by atoms with Crippen molar-refractivity contribution >= 4 is 5.97 Å². The third-order valence-electron chi connectivity index (χ3n) is 3.28. The van der Waals surface area contributed by atoms with Gasteiger partial charge in [-0.1, -0.05) is 38.8 Å². The lowest BCUT2D eigenvalue weighted by Gasteiger charge is -2.21. The van der Waals surface area contributed by atoms with Crippen molar-refractivity contribution in [3.63, 3.8) is 0 Å². The number of carbonyl (C=O) groups is 1. The summed E-state index contributed by atoms with van der Waals surface area (Å²) in [5.74, 6) is -1.37. The third-order valence-corrected chi connectivity index (χ3v) is 3.28. The zero-order valence-corrected chi connectivity index (χ0v) is 10.3. The van der Waals surface area contributed by atoms with Crippen LogP contribution in [0.25, 0.3) is 0 Å². The lowest BCUT2D eigenvalue weighted by atomic mass is 9.83. The molecule has 0 saturated carbocycles. The first-order valence-electron chi connectivity index (χ1n) is 6.05. The fourth-order valence-corrected chi connectivity index (χ4v) is 2.23. The Kier molecular flexibility index (Phi) is 5.13. The van der Waals surface area contributed by atoms with Gasteiger partial charge in [-0.2, -0.15) is 0 Å². The Morgan fingerprint density at radius 1 is 1.35 bits per heavy atom. The van der Waals surface area contributed by atoms with Crippen molar-refractivity contribution in [3.8, 4) is 0 Å². The van der Waals surface area contributed by atoms with Gasteiger partial charge in [-0.25, -0.2) is 4.39 Å². The van der Waals surface area contributed by atoms with Crippen molar-refractivity contribution in [3.05, 3.63) is 35.6 Å². The number of benzene rings is 1. The van der Waals surface area contributed by atoms with Crippen LogP contribution in [0.3, 0.4) is 0 Å². The highest BCUT2D eigenvalue weighted by Crippen LogP contribution is 2.24. The Labute approximate surface area is 101 Å². The van der Waals surface area contributed by atoms with E-state index in [0.717, 1.165) is 18.4 Å². The molecule has 3 heteroatoms. The van der Waals surface area contributed by atoms with Crippen molar-refractivity contribution < 1.29 is 14.3 Å². The molecule has 17 heavy (non-hydrogen) atoms. The molecule has 0 aromatic heterocycles. The molecule has 0 amide bonds. The number of aliphatic carboxylic acids is 1. The quantitative estimate of drug-likeness (QED) is 0.823. The maximum Gasteiger partial charge on any atom is 0.307 e. The van der Waals surface area contributed by atoms with Gasteiger partial charge in [0.25, 0.3) is 0 Å². The summed E-state index contributed by atoms with van der Waals surface area (Å²) in [7, 11) is 0. The van der Waals surface area contributed by atoms with Gasteiger partial charge in [0, 0.05) is 0 Å². The Hall–Kier alpha value is -1.38. The van der Waals surface area contributed by atoms with Crippen LogP contribution in [0.4, 0.5) is 4.39 Å². The number of carboxylic acids is 1. The van der Waals surface area contributed by atoms with E-state index in [9.17, 15) is 14.3 Å². The van der Waals surface area contributed by atoms with Gasteiger partial charge in [0.1, 0.15) is 5.82 Å². The molecule has 0 bridgehead atoms. The lowest BCUT2D eigenvalue weighted by Crippen LogP contribution is -2.25. The van der Waals surface area contributed by atoms with E-state index in [-0.39, 0.29) is 11.7 Å². The summed E-state index contributed by atoms with van der Waals surface area (Å²) >= 11 is 0. The molecule has 0 heterocycles. The van der Waals surface area contributed by atoms with Gasteiger partial charge >= 0.3 is 5.97 Å². The minimum atomic E-state index is -0.789. The normalized spacial score (nSPS) is 12.7. The molecule has 0 aliphatic heterocycles. The topological polar surface area (TPSA) is 37.3 Å². The molecule has 0 fully saturated rings. The standard InChI is InChI=1S/C14H19FO2/c1-3-11(4-2)13(14(16)17)9-10-6-5-7-12(15)8-10/h5-8,11,13H,3-4,9H2,1-2H3,(H,16,17). The van der Waals surface area contributed by atoms with E-state index in [1.54, 1.807) is 12.1 Å². The third kappa shape index (κ3) is 3.84. The minimum Gasteiger partial charge on any atom is -0.481 e. The predicted octanol–water partition coefficient (Wildman–Crippen LogP) is 3.51. The first-order chi connectivity index (χ1) is 8.08. The van der Waals surface area contributed by atoms with Crippen LogP contribution >= 0.6 is 0 Å². The SMILES string of the molecule is CCC(CC)C(Cc1cccc(F)c1)C(=O)O. The highest BCUT2D eigenvalue weighted by molar-refractivity contribution is 5.70. The first-order valence-corrected chi connectivity index (χ1v) is 6.05. The molecule has 94 valence electrons. The summed E-state index contributed by atoms with van der Waals surface area (Å²) in [6.07, 6.45) is 2.07. The van der Waals surface area contributed by atoms with E-state index in [1.807, 2.05) is 13.8 Å². The van der Waals surface area contributed by atoms with Crippen LogP contribution in [0, 0.1) is 17.7 Å². The van der Waals surface area contributed by atoms with E-state index in [0.29, 0.717) is 6.42 Å². The van der Waals surface area contributed by atoms with Crippen molar-refractivity contribution in [2.75, 3.05) is 0 Å². The molecule has 0 aliphatic rings. The van der Waals surface area contributed by atoms with Gasteiger partial charge in [0.05, 0.1) is 5.92 Å². The van der Waals surface area contributed by atoms with Crippen molar-refractivity contribution in [2.45, 2.75) is 33.1 Å². The van der Waals surface area contributed by atoms with Crippen LogP contribution in [0.15, 0.2) is 24.3 Å². The zero-order valence-electron chi connectivity index (χ0n) is 10.3. The second kappa shape index (κ2) is 6.38. The van der Waals surface area contributed by atoms with Crippen LogP contribution in [0.5, 0.6) is 0 Å².